The fraction of sp³-hybridized carbons (Fsp3) is 0.429. The van der Waals surface area contributed by atoms with Gasteiger partial charge in [-0.05, 0) is 49.2 Å². The van der Waals surface area contributed by atoms with E-state index in [0.29, 0.717) is 22.4 Å². The van der Waals surface area contributed by atoms with Gasteiger partial charge in [-0.2, -0.15) is 0 Å². The van der Waals surface area contributed by atoms with E-state index in [-0.39, 0.29) is 0 Å². The number of halogens is 2. The van der Waals surface area contributed by atoms with Gasteiger partial charge in [0.1, 0.15) is 23.1 Å². The summed E-state index contributed by atoms with van der Waals surface area (Å²) in [6.07, 6.45) is 2.14. The minimum atomic E-state index is 0.376. The topological polar surface area (TPSA) is 30.9 Å². The second-order valence-electron chi connectivity index (χ2n) is 6.54. The van der Waals surface area contributed by atoms with Crippen molar-refractivity contribution in [3.8, 4) is 11.5 Å². The lowest BCUT2D eigenvalue weighted by Crippen LogP contribution is -2.36. The Balaban J connectivity index is 1.60. The molecule has 146 valence electrons. The largest absolute Gasteiger partial charge is 0.496 e. The Bertz CT molecular complexity index is 748. The van der Waals surface area contributed by atoms with Crippen LogP contribution in [0.2, 0.25) is 10.0 Å². The van der Waals surface area contributed by atoms with Crippen molar-refractivity contribution in [2.24, 2.45) is 0 Å². The highest BCUT2D eigenvalue weighted by atomic mass is 35.5. The molecule has 0 spiro atoms. The average molecular weight is 410 g/mol. The van der Waals surface area contributed by atoms with Crippen LogP contribution >= 0.6 is 23.2 Å². The van der Waals surface area contributed by atoms with Crippen molar-refractivity contribution in [3.63, 3.8) is 0 Å². The van der Waals surface area contributed by atoms with Crippen molar-refractivity contribution < 1.29 is 14.2 Å². The van der Waals surface area contributed by atoms with E-state index in [1.54, 1.807) is 13.2 Å². The Morgan fingerprint density at radius 2 is 1.89 bits per heavy atom. The van der Waals surface area contributed by atoms with Crippen LogP contribution in [0.25, 0.3) is 0 Å². The fourth-order valence-electron chi connectivity index (χ4n) is 3.18. The molecule has 1 aliphatic heterocycles. The summed E-state index contributed by atoms with van der Waals surface area (Å²) >= 11 is 12.3. The Morgan fingerprint density at radius 1 is 1.07 bits per heavy atom. The summed E-state index contributed by atoms with van der Waals surface area (Å²) in [5, 5.41) is 0.915. The van der Waals surface area contributed by atoms with Crippen LogP contribution in [0.3, 0.4) is 0 Å². The highest BCUT2D eigenvalue weighted by Gasteiger charge is 2.11. The van der Waals surface area contributed by atoms with Gasteiger partial charge in [-0.15, -0.1) is 0 Å². The molecule has 0 radical (unpaired) electrons. The first-order valence-corrected chi connectivity index (χ1v) is 9.95. The standard InChI is InChI=1S/C21H25Cl2NO3/c1-25-19-8-7-16(4-3-9-24-10-12-26-13-11-24)14-17(19)15-27-20-6-2-5-18(22)21(20)23/h2,5-8,14H,3-4,9-13,15H2,1H3. The van der Waals surface area contributed by atoms with Gasteiger partial charge in [0, 0.05) is 18.7 Å². The third kappa shape index (κ3) is 5.76. The number of nitrogens with zero attached hydrogens (tertiary/aromatic N) is 1. The molecule has 27 heavy (non-hydrogen) atoms. The molecule has 0 atom stereocenters. The first-order valence-electron chi connectivity index (χ1n) is 9.20. The quantitative estimate of drug-likeness (QED) is 0.623. The molecule has 3 rings (SSSR count). The predicted octanol–water partition coefficient (Wildman–Crippen LogP) is 4.85. The van der Waals surface area contributed by atoms with Gasteiger partial charge >= 0.3 is 0 Å². The molecule has 2 aromatic rings. The number of morpholine rings is 1. The lowest BCUT2D eigenvalue weighted by molar-refractivity contribution is 0.0374. The number of rotatable bonds is 8. The molecule has 1 saturated heterocycles. The summed E-state index contributed by atoms with van der Waals surface area (Å²) < 4.78 is 16.8. The summed E-state index contributed by atoms with van der Waals surface area (Å²) in [6, 6.07) is 11.6. The van der Waals surface area contributed by atoms with Crippen molar-refractivity contribution in [1.82, 2.24) is 4.90 Å². The van der Waals surface area contributed by atoms with Crippen molar-refractivity contribution >= 4 is 23.2 Å². The summed E-state index contributed by atoms with van der Waals surface area (Å²) in [4.78, 5) is 2.46. The van der Waals surface area contributed by atoms with E-state index in [1.165, 1.54) is 5.56 Å². The molecule has 4 nitrogen and oxygen atoms in total. The van der Waals surface area contributed by atoms with Crippen LogP contribution in [0.1, 0.15) is 17.5 Å². The van der Waals surface area contributed by atoms with Crippen LogP contribution in [-0.4, -0.2) is 44.9 Å². The first kappa shape index (κ1) is 20.3. The molecule has 0 unspecified atom stereocenters. The minimum Gasteiger partial charge on any atom is -0.496 e. The Kier molecular flexibility index (Phi) is 7.65. The molecule has 0 aliphatic carbocycles. The first-order chi connectivity index (χ1) is 13.2. The van der Waals surface area contributed by atoms with E-state index < -0.39 is 0 Å². The van der Waals surface area contributed by atoms with Gasteiger partial charge < -0.3 is 14.2 Å². The Morgan fingerprint density at radius 3 is 2.67 bits per heavy atom. The van der Waals surface area contributed by atoms with Gasteiger partial charge in [0.25, 0.3) is 0 Å². The minimum absolute atomic E-state index is 0.376. The third-order valence-electron chi connectivity index (χ3n) is 4.69. The number of benzene rings is 2. The summed E-state index contributed by atoms with van der Waals surface area (Å²) in [6.45, 7) is 5.22. The second-order valence-corrected chi connectivity index (χ2v) is 7.33. The highest BCUT2D eigenvalue weighted by Crippen LogP contribution is 2.32. The molecule has 0 bridgehead atoms. The van der Waals surface area contributed by atoms with Crippen molar-refractivity contribution in [1.29, 1.82) is 0 Å². The van der Waals surface area contributed by atoms with Gasteiger partial charge in [-0.3, -0.25) is 4.90 Å². The number of hydrogen-bond acceptors (Lipinski definition) is 4. The van der Waals surface area contributed by atoms with Crippen LogP contribution in [0.15, 0.2) is 36.4 Å². The molecule has 2 aromatic carbocycles. The zero-order valence-corrected chi connectivity index (χ0v) is 17.1. The van der Waals surface area contributed by atoms with Crippen molar-refractivity contribution in [2.45, 2.75) is 19.4 Å². The maximum absolute atomic E-state index is 6.20. The molecular weight excluding hydrogens is 385 g/mol. The number of aryl methyl sites for hydroxylation is 1. The van der Waals surface area contributed by atoms with E-state index in [9.17, 15) is 0 Å². The van der Waals surface area contributed by atoms with E-state index in [1.807, 2.05) is 18.2 Å². The van der Waals surface area contributed by atoms with E-state index in [4.69, 9.17) is 37.4 Å². The van der Waals surface area contributed by atoms with Crippen LogP contribution in [0.4, 0.5) is 0 Å². The molecule has 0 aromatic heterocycles. The van der Waals surface area contributed by atoms with Crippen LogP contribution < -0.4 is 9.47 Å². The van der Waals surface area contributed by atoms with Gasteiger partial charge in [-0.25, -0.2) is 0 Å². The lowest BCUT2D eigenvalue weighted by Gasteiger charge is -2.26. The van der Waals surface area contributed by atoms with Crippen LogP contribution in [0.5, 0.6) is 11.5 Å². The lowest BCUT2D eigenvalue weighted by atomic mass is 10.1. The molecule has 1 aliphatic rings. The normalized spacial score (nSPS) is 14.9. The predicted molar refractivity (Wildman–Crippen MR) is 109 cm³/mol. The number of methoxy groups -OCH3 is 1. The highest BCUT2D eigenvalue weighted by molar-refractivity contribution is 6.42. The van der Waals surface area contributed by atoms with E-state index >= 15 is 0 Å². The maximum atomic E-state index is 6.20. The molecule has 0 saturated carbocycles. The summed E-state index contributed by atoms with van der Waals surface area (Å²) in [5.74, 6) is 1.38. The smallest absolute Gasteiger partial charge is 0.139 e. The monoisotopic (exact) mass is 409 g/mol. The van der Waals surface area contributed by atoms with Gasteiger partial charge in [-0.1, -0.05) is 35.3 Å². The van der Waals surface area contributed by atoms with Crippen molar-refractivity contribution in [3.05, 3.63) is 57.6 Å². The SMILES string of the molecule is COc1ccc(CCCN2CCOCC2)cc1COc1cccc(Cl)c1Cl. The maximum Gasteiger partial charge on any atom is 0.139 e. The third-order valence-corrected chi connectivity index (χ3v) is 5.49. The van der Waals surface area contributed by atoms with Crippen molar-refractivity contribution in [2.75, 3.05) is 40.0 Å². The second kappa shape index (κ2) is 10.2. The Hall–Kier alpha value is -1.46. The zero-order chi connectivity index (χ0) is 19.1. The van der Waals surface area contributed by atoms with Crippen LogP contribution in [0, 0.1) is 0 Å². The molecule has 6 heteroatoms. The van der Waals surface area contributed by atoms with Gasteiger partial charge in [0.15, 0.2) is 0 Å². The molecule has 1 heterocycles. The van der Waals surface area contributed by atoms with Gasteiger partial charge in [0.05, 0.1) is 25.3 Å². The molecule has 1 fully saturated rings. The number of hydrogen-bond donors (Lipinski definition) is 0. The number of ether oxygens (including phenoxy) is 3. The summed E-state index contributed by atoms with van der Waals surface area (Å²) in [7, 11) is 1.67. The molecular formula is C21H25Cl2NO3. The average Bonchev–Trinajstić information content (AvgIpc) is 2.70. The molecule has 0 N–H and O–H groups in total. The van der Waals surface area contributed by atoms with E-state index in [0.717, 1.165) is 57.0 Å². The molecule has 0 amide bonds. The Labute approximate surface area is 170 Å². The fourth-order valence-corrected chi connectivity index (χ4v) is 3.53. The van der Waals surface area contributed by atoms with E-state index in [2.05, 4.69) is 17.0 Å². The zero-order valence-electron chi connectivity index (χ0n) is 15.5. The van der Waals surface area contributed by atoms with Gasteiger partial charge in [0.2, 0.25) is 0 Å². The van der Waals surface area contributed by atoms with Crippen LogP contribution in [-0.2, 0) is 17.8 Å². The summed E-state index contributed by atoms with van der Waals surface area (Å²) in [5.41, 5.74) is 2.28.